The van der Waals surface area contributed by atoms with Gasteiger partial charge in [0.25, 0.3) is 0 Å². The molecule has 1 aliphatic rings. The molecule has 0 fully saturated rings. The van der Waals surface area contributed by atoms with E-state index in [-0.39, 0.29) is 11.6 Å². The van der Waals surface area contributed by atoms with Crippen molar-refractivity contribution in [2.45, 2.75) is 13.5 Å². The quantitative estimate of drug-likeness (QED) is 0.228. The van der Waals surface area contributed by atoms with Gasteiger partial charge in [0.15, 0.2) is 5.70 Å². The Morgan fingerprint density at radius 1 is 1.00 bits per heavy atom. The summed E-state index contributed by atoms with van der Waals surface area (Å²) in [5.41, 5.74) is 4.03. The van der Waals surface area contributed by atoms with Gasteiger partial charge >= 0.3 is 5.97 Å². The van der Waals surface area contributed by atoms with Gasteiger partial charge in [0.1, 0.15) is 12.4 Å². The van der Waals surface area contributed by atoms with Crippen molar-refractivity contribution < 1.29 is 14.3 Å². The summed E-state index contributed by atoms with van der Waals surface area (Å²) in [5.74, 6) is 0.492. The van der Waals surface area contributed by atoms with Crippen molar-refractivity contribution in [1.29, 1.82) is 0 Å². The number of hydrogen-bond acceptors (Lipinski definition) is 4. The molecule has 0 atom stereocenters. The van der Waals surface area contributed by atoms with Crippen molar-refractivity contribution in [2.75, 3.05) is 0 Å². The number of benzene rings is 3. The molecule has 0 N–H and O–H groups in total. The molecule has 1 heterocycles. The van der Waals surface area contributed by atoms with Gasteiger partial charge in [-0.2, -0.15) is 0 Å². The molecule has 7 heteroatoms. The van der Waals surface area contributed by atoms with Crippen molar-refractivity contribution in [3.8, 4) is 5.75 Å². The van der Waals surface area contributed by atoms with E-state index in [0.717, 1.165) is 30.1 Å². The third-order valence-corrected chi connectivity index (χ3v) is 6.15. The van der Waals surface area contributed by atoms with Gasteiger partial charge in [0.05, 0.1) is 8.95 Å². The van der Waals surface area contributed by atoms with Crippen LogP contribution in [0.1, 0.15) is 22.3 Å². The third kappa shape index (κ3) is 5.34. The van der Waals surface area contributed by atoms with Gasteiger partial charge in [-0.05, 0) is 86.3 Å². The highest BCUT2D eigenvalue weighted by molar-refractivity contribution is 9.11. The highest BCUT2D eigenvalue weighted by atomic mass is 79.9. The zero-order valence-electron chi connectivity index (χ0n) is 16.4. The molecule has 0 unspecified atom stereocenters. The number of hydrogen-bond donors (Lipinski definition) is 0. The lowest BCUT2D eigenvalue weighted by Gasteiger charge is -2.12. The maximum absolute atomic E-state index is 12.3. The molecule has 0 bridgehead atoms. The van der Waals surface area contributed by atoms with Gasteiger partial charge in [-0.1, -0.05) is 51.8 Å². The van der Waals surface area contributed by atoms with Gasteiger partial charge in [-0.25, -0.2) is 9.79 Å². The standard InChI is InChI=1S/C24H16Br3NO3/c1-14-4-2-5-15(8-14)13-30-22-19(26)9-16(10-20(22)27)11-21-24(29)31-23(28-21)17-6-3-7-18(25)12-17/h2-12H,13H2,1H3/b21-11-. The smallest absolute Gasteiger partial charge is 0.363 e. The van der Waals surface area contributed by atoms with E-state index in [0.29, 0.717) is 12.4 Å². The summed E-state index contributed by atoms with van der Waals surface area (Å²) in [7, 11) is 0. The first kappa shape index (κ1) is 22.0. The minimum atomic E-state index is -0.484. The SMILES string of the molecule is Cc1cccc(COc2c(Br)cc(/C=C3\N=C(c4cccc(Br)c4)OC3=O)cc2Br)c1. The van der Waals surface area contributed by atoms with E-state index in [1.165, 1.54) is 5.56 Å². The first-order valence-electron chi connectivity index (χ1n) is 9.35. The van der Waals surface area contributed by atoms with Crippen LogP contribution in [-0.2, 0) is 16.1 Å². The maximum Gasteiger partial charge on any atom is 0.363 e. The van der Waals surface area contributed by atoms with Crippen molar-refractivity contribution in [3.63, 3.8) is 0 Å². The first-order valence-corrected chi connectivity index (χ1v) is 11.7. The van der Waals surface area contributed by atoms with Crippen molar-refractivity contribution in [1.82, 2.24) is 0 Å². The molecule has 1 aliphatic heterocycles. The molecular formula is C24H16Br3NO3. The molecule has 0 saturated heterocycles. The fraction of sp³-hybridized carbons (Fsp3) is 0.0833. The summed E-state index contributed by atoms with van der Waals surface area (Å²) in [5, 5.41) is 0. The van der Waals surface area contributed by atoms with Crippen molar-refractivity contribution >= 4 is 65.7 Å². The predicted molar refractivity (Wildman–Crippen MR) is 132 cm³/mol. The van der Waals surface area contributed by atoms with E-state index in [4.69, 9.17) is 9.47 Å². The topological polar surface area (TPSA) is 47.9 Å². The number of ether oxygens (including phenoxy) is 2. The molecule has 4 rings (SSSR count). The predicted octanol–water partition coefficient (Wildman–Crippen LogP) is 7.21. The molecule has 3 aromatic carbocycles. The Balaban J connectivity index is 1.56. The van der Waals surface area contributed by atoms with E-state index in [1.54, 1.807) is 6.08 Å². The largest absolute Gasteiger partial charge is 0.487 e. The molecule has 0 spiro atoms. The van der Waals surface area contributed by atoms with Gasteiger partial charge < -0.3 is 9.47 Å². The Hall–Kier alpha value is -2.22. The van der Waals surface area contributed by atoms with E-state index < -0.39 is 5.97 Å². The molecule has 0 saturated carbocycles. The van der Waals surface area contributed by atoms with Crippen LogP contribution in [0.3, 0.4) is 0 Å². The number of rotatable bonds is 5. The molecule has 0 aliphatic carbocycles. The van der Waals surface area contributed by atoms with Crippen LogP contribution in [-0.4, -0.2) is 11.9 Å². The van der Waals surface area contributed by atoms with E-state index in [2.05, 4.69) is 71.8 Å². The maximum atomic E-state index is 12.3. The molecule has 4 nitrogen and oxygen atoms in total. The van der Waals surface area contributed by atoms with Crippen LogP contribution < -0.4 is 4.74 Å². The van der Waals surface area contributed by atoms with Crippen LogP contribution in [0.2, 0.25) is 0 Å². The van der Waals surface area contributed by atoms with Gasteiger partial charge in [-0.3, -0.25) is 0 Å². The summed E-state index contributed by atoms with van der Waals surface area (Å²) < 4.78 is 13.8. The van der Waals surface area contributed by atoms with Crippen LogP contribution in [0.4, 0.5) is 0 Å². The minimum Gasteiger partial charge on any atom is -0.487 e. The van der Waals surface area contributed by atoms with Crippen molar-refractivity contribution in [2.24, 2.45) is 4.99 Å². The molecule has 31 heavy (non-hydrogen) atoms. The third-order valence-electron chi connectivity index (χ3n) is 4.48. The van der Waals surface area contributed by atoms with E-state index in [1.807, 2.05) is 48.5 Å². The Morgan fingerprint density at radius 2 is 1.74 bits per heavy atom. The number of carbonyl (C=O) groups excluding carboxylic acids is 1. The van der Waals surface area contributed by atoms with Crippen LogP contribution in [0, 0.1) is 6.92 Å². The minimum absolute atomic E-state index is 0.238. The number of aryl methyl sites for hydroxylation is 1. The molecule has 0 amide bonds. The van der Waals surface area contributed by atoms with Crippen LogP contribution in [0.25, 0.3) is 6.08 Å². The number of esters is 1. The Labute approximate surface area is 205 Å². The zero-order chi connectivity index (χ0) is 22.0. The van der Waals surface area contributed by atoms with Crippen LogP contribution in [0.15, 0.2) is 84.8 Å². The number of cyclic esters (lactones) is 1. The Kier molecular flexibility index (Phi) is 6.74. The monoisotopic (exact) mass is 603 g/mol. The summed E-state index contributed by atoms with van der Waals surface area (Å²) in [6.45, 7) is 2.50. The van der Waals surface area contributed by atoms with Crippen molar-refractivity contribution in [3.05, 3.63) is 102 Å². The lowest BCUT2D eigenvalue weighted by molar-refractivity contribution is -0.129. The second kappa shape index (κ2) is 9.51. The molecule has 0 radical (unpaired) electrons. The first-order chi connectivity index (χ1) is 14.9. The number of aliphatic imine (C=N–C) groups is 1. The fourth-order valence-electron chi connectivity index (χ4n) is 3.07. The van der Waals surface area contributed by atoms with Crippen LogP contribution in [0.5, 0.6) is 5.75 Å². The number of carbonyl (C=O) groups is 1. The Bertz CT molecular complexity index is 1210. The normalized spacial score (nSPS) is 14.5. The van der Waals surface area contributed by atoms with Crippen LogP contribution >= 0.6 is 47.8 Å². The second-order valence-electron chi connectivity index (χ2n) is 6.94. The summed E-state index contributed by atoms with van der Waals surface area (Å²) in [4.78, 5) is 16.7. The molecule has 3 aromatic rings. The van der Waals surface area contributed by atoms with Gasteiger partial charge in [0.2, 0.25) is 5.90 Å². The summed E-state index contributed by atoms with van der Waals surface area (Å²) in [6.07, 6.45) is 1.69. The zero-order valence-corrected chi connectivity index (χ0v) is 21.1. The Morgan fingerprint density at radius 3 is 2.45 bits per heavy atom. The molecule has 156 valence electrons. The molecular weight excluding hydrogens is 590 g/mol. The van der Waals surface area contributed by atoms with Gasteiger partial charge in [0, 0.05) is 10.0 Å². The second-order valence-corrected chi connectivity index (χ2v) is 9.56. The van der Waals surface area contributed by atoms with E-state index >= 15 is 0 Å². The fourth-order valence-corrected chi connectivity index (χ4v) is 4.92. The summed E-state index contributed by atoms with van der Waals surface area (Å²) >= 11 is 10.5. The lowest BCUT2D eigenvalue weighted by Crippen LogP contribution is -2.05. The van der Waals surface area contributed by atoms with E-state index in [9.17, 15) is 4.79 Å². The van der Waals surface area contributed by atoms with Gasteiger partial charge in [-0.15, -0.1) is 0 Å². The molecule has 0 aromatic heterocycles. The average molecular weight is 606 g/mol. The lowest BCUT2D eigenvalue weighted by atomic mass is 10.1. The number of nitrogens with zero attached hydrogens (tertiary/aromatic N) is 1. The average Bonchev–Trinajstić information content (AvgIpc) is 3.08. The summed E-state index contributed by atoms with van der Waals surface area (Å²) in [6, 6.07) is 19.4. The highest BCUT2D eigenvalue weighted by Gasteiger charge is 2.24. The highest BCUT2D eigenvalue weighted by Crippen LogP contribution is 2.36. The number of halogens is 3.